The normalized spacial score (nSPS) is 17.8. The Morgan fingerprint density at radius 1 is 1.12 bits per heavy atom. The SMILES string of the molecule is O=C(NCCC1=CCCCC1)c1ccnc(C(=O)NC2CCCC2)c1. The van der Waals surface area contributed by atoms with E-state index in [0.29, 0.717) is 17.8 Å². The molecule has 25 heavy (non-hydrogen) atoms. The summed E-state index contributed by atoms with van der Waals surface area (Å²) in [6.45, 7) is 0.636. The van der Waals surface area contributed by atoms with Crippen LogP contribution in [-0.4, -0.2) is 29.4 Å². The van der Waals surface area contributed by atoms with Gasteiger partial charge in [-0.2, -0.15) is 0 Å². The minimum absolute atomic E-state index is 0.145. The van der Waals surface area contributed by atoms with Crippen LogP contribution in [0.25, 0.3) is 0 Å². The van der Waals surface area contributed by atoms with Crippen LogP contribution in [0.3, 0.4) is 0 Å². The molecule has 0 radical (unpaired) electrons. The van der Waals surface area contributed by atoms with Gasteiger partial charge in [-0.3, -0.25) is 14.6 Å². The topological polar surface area (TPSA) is 71.1 Å². The molecule has 1 aromatic heterocycles. The fraction of sp³-hybridized carbons (Fsp3) is 0.550. The summed E-state index contributed by atoms with van der Waals surface area (Å²) < 4.78 is 0. The van der Waals surface area contributed by atoms with Gasteiger partial charge in [-0.05, 0) is 57.1 Å². The number of amides is 2. The molecule has 2 aliphatic carbocycles. The van der Waals surface area contributed by atoms with E-state index in [0.717, 1.165) is 44.9 Å². The van der Waals surface area contributed by atoms with Gasteiger partial charge in [0.1, 0.15) is 5.69 Å². The Hall–Kier alpha value is -2.17. The van der Waals surface area contributed by atoms with Gasteiger partial charge in [-0.1, -0.05) is 24.5 Å². The summed E-state index contributed by atoms with van der Waals surface area (Å²) in [5.41, 5.74) is 2.25. The second-order valence-electron chi connectivity index (χ2n) is 7.00. The monoisotopic (exact) mass is 341 g/mol. The molecule has 0 aromatic carbocycles. The molecule has 0 bridgehead atoms. The molecule has 2 N–H and O–H groups in total. The molecule has 1 heterocycles. The number of allylic oxidation sites excluding steroid dienone is 1. The van der Waals surface area contributed by atoms with E-state index in [4.69, 9.17) is 0 Å². The van der Waals surface area contributed by atoms with Crippen LogP contribution in [0.5, 0.6) is 0 Å². The third-order valence-corrected chi connectivity index (χ3v) is 5.06. The third-order valence-electron chi connectivity index (χ3n) is 5.06. The summed E-state index contributed by atoms with van der Waals surface area (Å²) in [4.78, 5) is 28.7. The smallest absolute Gasteiger partial charge is 0.270 e. The van der Waals surface area contributed by atoms with Gasteiger partial charge in [0, 0.05) is 24.3 Å². The first-order valence-electron chi connectivity index (χ1n) is 9.45. The molecule has 2 amide bonds. The van der Waals surface area contributed by atoms with Crippen LogP contribution in [-0.2, 0) is 0 Å². The van der Waals surface area contributed by atoms with E-state index in [2.05, 4.69) is 21.7 Å². The van der Waals surface area contributed by atoms with E-state index in [9.17, 15) is 9.59 Å². The van der Waals surface area contributed by atoms with E-state index < -0.39 is 0 Å². The van der Waals surface area contributed by atoms with Crippen molar-refractivity contribution >= 4 is 11.8 Å². The number of pyridine rings is 1. The van der Waals surface area contributed by atoms with Gasteiger partial charge in [0.05, 0.1) is 0 Å². The number of carbonyl (C=O) groups excluding carboxylic acids is 2. The lowest BCUT2D eigenvalue weighted by Crippen LogP contribution is -2.33. The average Bonchev–Trinajstić information content (AvgIpc) is 3.15. The zero-order valence-corrected chi connectivity index (χ0v) is 14.7. The number of hydrogen-bond acceptors (Lipinski definition) is 3. The number of hydrogen-bond donors (Lipinski definition) is 2. The van der Waals surface area contributed by atoms with Crippen molar-refractivity contribution < 1.29 is 9.59 Å². The van der Waals surface area contributed by atoms with Crippen LogP contribution in [0, 0.1) is 0 Å². The highest BCUT2D eigenvalue weighted by atomic mass is 16.2. The van der Waals surface area contributed by atoms with E-state index in [-0.39, 0.29) is 17.9 Å². The van der Waals surface area contributed by atoms with Gasteiger partial charge in [-0.15, -0.1) is 0 Å². The molecule has 1 saturated carbocycles. The van der Waals surface area contributed by atoms with Gasteiger partial charge >= 0.3 is 0 Å². The molecule has 134 valence electrons. The van der Waals surface area contributed by atoms with Crippen LogP contribution in [0.4, 0.5) is 0 Å². The first-order valence-corrected chi connectivity index (χ1v) is 9.45. The van der Waals surface area contributed by atoms with E-state index >= 15 is 0 Å². The Morgan fingerprint density at radius 3 is 2.72 bits per heavy atom. The van der Waals surface area contributed by atoms with Crippen molar-refractivity contribution in [2.24, 2.45) is 0 Å². The second kappa shape index (κ2) is 8.79. The number of aromatic nitrogens is 1. The summed E-state index contributed by atoms with van der Waals surface area (Å²) >= 11 is 0. The Bertz CT molecular complexity index is 648. The average molecular weight is 341 g/mol. The molecule has 0 aliphatic heterocycles. The zero-order chi connectivity index (χ0) is 17.5. The van der Waals surface area contributed by atoms with Crippen molar-refractivity contribution in [1.82, 2.24) is 15.6 Å². The molecule has 5 nitrogen and oxygen atoms in total. The predicted octanol–water partition coefficient (Wildman–Crippen LogP) is 3.37. The largest absolute Gasteiger partial charge is 0.352 e. The Labute approximate surface area is 149 Å². The van der Waals surface area contributed by atoms with Crippen molar-refractivity contribution in [3.05, 3.63) is 41.2 Å². The van der Waals surface area contributed by atoms with Crippen molar-refractivity contribution in [2.45, 2.75) is 63.8 Å². The van der Waals surface area contributed by atoms with Crippen molar-refractivity contribution in [2.75, 3.05) is 6.54 Å². The van der Waals surface area contributed by atoms with Gasteiger partial charge < -0.3 is 10.6 Å². The maximum atomic E-state index is 12.3. The van der Waals surface area contributed by atoms with Crippen molar-refractivity contribution in [3.63, 3.8) is 0 Å². The number of nitrogens with zero attached hydrogens (tertiary/aromatic N) is 1. The van der Waals surface area contributed by atoms with E-state index in [1.54, 1.807) is 12.1 Å². The molecule has 1 aromatic rings. The standard InChI is InChI=1S/C20H27N3O2/c24-19(22-12-10-15-6-2-1-3-7-15)16-11-13-21-18(14-16)20(25)23-17-8-4-5-9-17/h6,11,13-14,17H,1-5,7-10,12H2,(H,22,24)(H,23,25). The van der Waals surface area contributed by atoms with Crippen LogP contribution in [0.15, 0.2) is 30.0 Å². The molecule has 2 aliphatic rings. The summed E-state index contributed by atoms with van der Waals surface area (Å²) in [7, 11) is 0. The van der Waals surface area contributed by atoms with E-state index in [1.165, 1.54) is 24.6 Å². The maximum Gasteiger partial charge on any atom is 0.270 e. The van der Waals surface area contributed by atoms with Gasteiger partial charge in [0.15, 0.2) is 0 Å². The van der Waals surface area contributed by atoms with Crippen molar-refractivity contribution in [1.29, 1.82) is 0 Å². The van der Waals surface area contributed by atoms with Gasteiger partial charge in [-0.25, -0.2) is 0 Å². The first kappa shape index (κ1) is 17.6. The minimum atomic E-state index is -0.186. The van der Waals surface area contributed by atoms with Crippen LogP contribution in [0.1, 0.15) is 78.6 Å². The van der Waals surface area contributed by atoms with Crippen LogP contribution in [0.2, 0.25) is 0 Å². The number of rotatable bonds is 6. The van der Waals surface area contributed by atoms with Crippen molar-refractivity contribution in [3.8, 4) is 0 Å². The summed E-state index contributed by atoms with van der Waals surface area (Å²) in [6, 6.07) is 3.48. The fourth-order valence-corrected chi connectivity index (χ4v) is 3.60. The highest BCUT2D eigenvalue weighted by Crippen LogP contribution is 2.19. The Morgan fingerprint density at radius 2 is 1.96 bits per heavy atom. The molecule has 3 rings (SSSR count). The van der Waals surface area contributed by atoms with E-state index in [1.807, 2.05) is 0 Å². The van der Waals surface area contributed by atoms with Crippen LogP contribution >= 0.6 is 0 Å². The number of nitrogens with one attached hydrogen (secondary N) is 2. The molecule has 0 atom stereocenters. The quantitative estimate of drug-likeness (QED) is 0.779. The van der Waals surface area contributed by atoms with Gasteiger partial charge in [0.25, 0.3) is 11.8 Å². The van der Waals surface area contributed by atoms with Gasteiger partial charge in [0.2, 0.25) is 0 Å². The van der Waals surface area contributed by atoms with Crippen LogP contribution < -0.4 is 10.6 Å². The molecular weight excluding hydrogens is 314 g/mol. The predicted molar refractivity (Wildman–Crippen MR) is 97.5 cm³/mol. The molecule has 0 spiro atoms. The molecular formula is C20H27N3O2. The summed E-state index contributed by atoms with van der Waals surface area (Å²) in [6.07, 6.45) is 14.0. The highest BCUT2D eigenvalue weighted by Gasteiger charge is 2.19. The Balaban J connectivity index is 1.51. The second-order valence-corrected chi connectivity index (χ2v) is 7.00. The molecule has 0 saturated heterocycles. The lowest BCUT2D eigenvalue weighted by Gasteiger charge is -2.13. The first-order chi connectivity index (χ1) is 12.2. The lowest BCUT2D eigenvalue weighted by molar-refractivity contribution is 0.0933. The Kier molecular flexibility index (Phi) is 6.20. The fourth-order valence-electron chi connectivity index (χ4n) is 3.60. The highest BCUT2D eigenvalue weighted by molar-refractivity contribution is 5.98. The zero-order valence-electron chi connectivity index (χ0n) is 14.7. The minimum Gasteiger partial charge on any atom is -0.352 e. The third kappa shape index (κ3) is 5.15. The lowest BCUT2D eigenvalue weighted by atomic mass is 9.97. The summed E-state index contributed by atoms with van der Waals surface area (Å²) in [5.74, 6) is -0.331. The molecule has 1 fully saturated rings. The number of carbonyl (C=O) groups is 2. The maximum absolute atomic E-state index is 12.3. The summed E-state index contributed by atoms with van der Waals surface area (Å²) in [5, 5.41) is 5.95. The molecule has 5 heteroatoms. The molecule has 0 unspecified atom stereocenters.